The Hall–Kier alpha value is -1.84. The lowest BCUT2D eigenvalue weighted by Crippen LogP contribution is -2.17. The largest absolute Gasteiger partial charge is 0.481 e. The van der Waals surface area contributed by atoms with Crippen molar-refractivity contribution in [2.45, 2.75) is 155 Å². The Bertz CT molecular complexity index is 591. The molecule has 0 aliphatic carbocycles. The molecule has 0 amide bonds. The maximum absolute atomic E-state index is 12.2. The number of esters is 1. The van der Waals surface area contributed by atoms with Crippen LogP contribution in [0.15, 0.2) is 36.5 Å². The number of ether oxygens (including phenoxy) is 1. The zero-order chi connectivity index (χ0) is 26.5. The second-order valence-electron chi connectivity index (χ2n) is 9.88. The molecule has 1 atom stereocenters. The molecule has 0 spiro atoms. The molecule has 0 rings (SSSR count). The third-order valence-corrected chi connectivity index (χ3v) is 6.45. The van der Waals surface area contributed by atoms with Crippen molar-refractivity contribution in [3.05, 3.63) is 36.5 Å². The third-order valence-electron chi connectivity index (χ3n) is 6.45. The lowest BCUT2D eigenvalue weighted by atomic mass is 10.0. The molecule has 0 aromatic rings. The van der Waals surface area contributed by atoms with Gasteiger partial charge in [0, 0.05) is 12.8 Å². The second-order valence-corrected chi connectivity index (χ2v) is 9.88. The molecule has 4 heteroatoms. The number of unbranched alkanes of at least 4 members (excludes halogenated alkanes) is 12. The number of rotatable bonds is 26. The minimum Gasteiger partial charge on any atom is -0.481 e. The first-order valence-corrected chi connectivity index (χ1v) is 15.0. The average molecular weight is 505 g/mol. The van der Waals surface area contributed by atoms with Gasteiger partial charge >= 0.3 is 11.9 Å². The fourth-order valence-electron chi connectivity index (χ4n) is 4.19. The van der Waals surface area contributed by atoms with E-state index in [9.17, 15) is 9.59 Å². The zero-order valence-corrected chi connectivity index (χ0v) is 23.6. The lowest BCUT2D eigenvalue weighted by molar-refractivity contribution is -0.149. The molecule has 1 N–H and O–H groups in total. The summed E-state index contributed by atoms with van der Waals surface area (Å²) in [5.74, 6) is -0.713. The fourth-order valence-corrected chi connectivity index (χ4v) is 4.19. The van der Waals surface area contributed by atoms with Crippen molar-refractivity contribution in [3.63, 3.8) is 0 Å². The fraction of sp³-hybridized carbons (Fsp3) is 0.750. The number of aliphatic carboxylic acids is 1. The summed E-state index contributed by atoms with van der Waals surface area (Å²) in [5.41, 5.74) is 0. The van der Waals surface area contributed by atoms with Crippen LogP contribution in [0, 0.1) is 0 Å². The van der Waals surface area contributed by atoms with E-state index in [1.165, 1.54) is 44.9 Å². The van der Waals surface area contributed by atoms with E-state index in [1.807, 2.05) is 0 Å². The van der Waals surface area contributed by atoms with Gasteiger partial charge in [0.05, 0.1) is 0 Å². The zero-order valence-electron chi connectivity index (χ0n) is 23.6. The molecule has 0 radical (unpaired) electrons. The summed E-state index contributed by atoms with van der Waals surface area (Å²) in [7, 11) is 0. The van der Waals surface area contributed by atoms with Gasteiger partial charge < -0.3 is 9.84 Å². The van der Waals surface area contributed by atoms with Gasteiger partial charge in [-0.05, 0) is 64.2 Å². The molecular formula is C32H56O4. The molecule has 36 heavy (non-hydrogen) atoms. The minimum absolute atomic E-state index is 0.0237. The van der Waals surface area contributed by atoms with Crippen molar-refractivity contribution in [1.29, 1.82) is 0 Å². The number of hydrogen-bond donors (Lipinski definition) is 1. The molecule has 0 bridgehead atoms. The van der Waals surface area contributed by atoms with Gasteiger partial charge in [0.2, 0.25) is 0 Å². The highest BCUT2D eigenvalue weighted by atomic mass is 16.5. The van der Waals surface area contributed by atoms with Crippen LogP contribution in [-0.2, 0) is 14.3 Å². The first kappa shape index (κ1) is 34.2. The van der Waals surface area contributed by atoms with E-state index in [-0.39, 0.29) is 12.1 Å². The van der Waals surface area contributed by atoms with Gasteiger partial charge in [0.1, 0.15) is 6.10 Å². The first-order valence-electron chi connectivity index (χ1n) is 15.0. The standard InChI is InChI=1S/C32H56O4/c1-3-5-6-7-8-9-10-11-12-13-14-15-20-23-26-29-32(35)36-30(4-2)27-24-21-18-16-17-19-22-25-28-31(33)34/h5-6,8-9,11-12,30H,3-4,7,10,13-29H2,1-2H3,(H,33,34)/b6-5-,9-8-,12-11-. The monoisotopic (exact) mass is 504 g/mol. The van der Waals surface area contributed by atoms with Gasteiger partial charge in [-0.1, -0.05) is 108 Å². The highest BCUT2D eigenvalue weighted by molar-refractivity contribution is 5.69. The van der Waals surface area contributed by atoms with Crippen LogP contribution < -0.4 is 0 Å². The highest BCUT2D eigenvalue weighted by Gasteiger charge is 2.12. The van der Waals surface area contributed by atoms with Crippen molar-refractivity contribution in [1.82, 2.24) is 0 Å². The molecule has 0 aliphatic rings. The Morgan fingerprint density at radius 1 is 0.639 bits per heavy atom. The predicted octanol–water partition coefficient (Wildman–Crippen LogP) is 9.88. The highest BCUT2D eigenvalue weighted by Crippen LogP contribution is 2.15. The minimum atomic E-state index is -0.689. The van der Waals surface area contributed by atoms with Gasteiger partial charge in [-0.15, -0.1) is 0 Å². The van der Waals surface area contributed by atoms with E-state index in [1.54, 1.807) is 0 Å². The molecule has 0 aliphatic heterocycles. The van der Waals surface area contributed by atoms with E-state index in [0.717, 1.165) is 77.0 Å². The number of allylic oxidation sites excluding steroid dienone is 6. The molecule has 1 unspecified atom stereocenters. The van der Waals surface area contributed by atoms with E-state index >= 15 is 0 Å². The van der Waals surface area contributed by atoms with Gasteiger partial charge in [0.15, 0.2) is 0 Å². The number of carbonyl (C=O) groups excluding carboxylic acids is 1. The Kier molecular flexibility index (Phi) is 26.3. The van der Waals surface area contributed by atoms with Crippen LogP contribution in [0.4, 0.5) is 0 Å². The summed E-state index contributed by atoms with van der Waals surface area (Å²) >= 11 is 0. The SMILES string of the molecule is CC/C=C\C/C=C\C/C=C\CCCCCCCC(=O)OC(CC)CCCCCCCCCCC(=O)O. The summed E-state index contributed by atoms with van der Waals surface area (Å²) < 4.78 is 5.70. The molecule has 0 aromatic carbocycles. The molecule has 0 saturated carbocycles. The lowest BCUT2D eigenvalue weighted by Gasteiger charge is -2.16. The van der Waals surface area contributed by atoms with Crippen LogP contribution in [-0.4, -0.2) is 23.1 Å². The number of carbonyl (C=O) groups is 2. The Balaban J connectivity index is 3.54. The summed E-state index contributed by atoms with van der Waals surface area (Å²) in [6, 6.07) is 0. The Morgan fingerprint density at radius 3 is 1.72 bits per heavy atom. The number of carboxylic acid groups (broad SMARTS) is 1. The summed E-state index contributed by atoms with van der Waals surface area (Å²) in [4.78, 5) is 22.7. The van der Waals surface area contributed by atoms with Crippen LogP contribution in [0.1, 0.15) is 149 Å². The first-order chi connectivity index (χ1) is 17.6. The van der Waals surface area contributed by atoms with E-state index in [2.05, 4.69) is 50.3 Å². The molecule has 208 valence electrons. The molecule has 0 heterocycles. The summed E-state index contributed by atoms with van der Waals surface area (Å²) in [6.07, 6.45) is 35.1. The van der Waals surface area contributed by atoms with Gasteiger partial charge in [-0.25, -0.2) is 0 Å². The maximum atomic E-state index is 12.2. The van der Waals surface area contributed by atoms with Crippen LogP contribution >= 0.6 is 0 Å². The van der Waals surface area contributed by atoms with Crippen molar-refractivity contribution in [3.8, 4) is 0 Å². The predicted molar refractivity (Wildman–Crippen MR) is 153 cm³/mol. The van der Waals surface area contributed by atoms with Crippen LogP contribution in [0.5, 0.6) is 0 Å². The molecule has 0 fully saturated rings. The molecule has 4 nitrogen and oxygen atoms in total. The van der Waals surface area contributed by atoms with Gasteiger partial charge in [0.25, 0.3) is 0 Å². The molecule has 0 saturated heterocycles. The van der Waals surface area contributed by atoms with Crippen molar-refractivity contribution >= 4 is 11.9 Å². The number of carboxylic acids is 1. The normalized spacial score (nSPS) is 12.7. The van der Waals surface area contributed by atoms with E-state index in [4.69, 9.17) is 9.84 Å². The van der Waals surface area contributed by atoms with Crippen LogP contribution in [0.25, 0.3) is 0 Å². The molecular weight excluding hydrogens is 448 g/mol. The van der Waals surface area contributed by atoms with Gasteiger partial charge in [-0.2, -0.15) is 0 Å². The molecule has 0 aromatic heterocycles. The average Bonchev–Trinajstić information content (AvgIpc) is 2.86. The van der Waals surface area contributed by atoms with Crippen molar-refractivity contribution < 1.29 is 19.4 Å². The van der Waals surface area contributed by atoms with Crippen LogP contribution in [0.3, 0.4) is 0 Å². The third kappa shape index (κ3) is 26.8. The smallest absolute Gasteiger partial charge is 0.306 e. The number of hydrogen-bond acceptors (Lipinski definition) is 3. The van der Waals surface area contributed by atoms with Crippen LogP contribution in [0.2, 0.25) is 0 Å². The Labute approximate surface area is 222 Å². The van der Waals surface area contributed by atoms with Crippen molar-refractivity contribution in [2.75, 3.05) is 0 Å². The van der Waals surface area contributed by atoms with Gasteiger partial charge in [-0.3, -0.25) is 9.59 Å². The maximum Gasteiger partial charge on any atom is 0.306 e. The van der Waals surface area contributed by atoms with E-state index < -0.39 is 5.97 Å². The Morgan fingerprint density at radius 2 is 1.14 bits per heavy atom. The summed E-state index contributed by atoms with van der Waals surface area (Å²) in [6.45, 7) is 4.26. The second kappa shape index (κ2) is 27.7. The topological polar surface area (TPSA) is 63.6 Å². The van der Waals surface area contributed by atoms with Crippen molar-refractivity contribution in [2.24, 2.45) is 0 Å². The quantitative estimate of drug-likeness (QED) is 0.0723. The summed E-state index contributed by atoms with van der Waals surface area (Å²) in [5, 5.41) is 8.63. The van der Waals surface area contributed by atoms with E-state index in [0.29, 0.717) is 12.8 Å².